The van der Waals surface area contributed by atoms with Gasteiger partial charge in [-0.25, -0.2) is 13.2 Å². The summed E-state index contributed by atoms with van der Waals surface area (Å²) in [7, 11) is -2.77. The first-order valence-corrected chi connectivity index (χ1v) is 8.52. The van der Waals surface area contributed by atoms with Crippen LogP contribution in [0, 0.1) is 6.92 Å². The summed E-state index contributed by atoms with van der Waals surface area (Å²) >= 11 is 0. The van der Waals surface area contributed by atoms with Crippen LogP contribution < -0.4 is 4.72 Å². The number of aromatic nitrogens is 1. The van der Waals surface area contributed by atoms with Gasteiger partial charge in [-0.2, -0.15) is 0 Å². The summed E-state index contributed by atoms with van der Waals surface area (Å²) < 4.78 is 32.6. The number of nitrogens with zero attached hydrogens (tertiary/aromatic N) is 1. The number of ether oxygens (including phenoxy) is 1. The monoisotopic (exact) mass is 334 g/mol. The van der Waals surface area contributed by atoms with Gasteiger partial charge in [-0.1, -0.05) is 25.1 Å². The molecule has 1 heterocycles. The number of carbonyl (C=O) groups excluding carboxylic acids is 1. The van der Waals surface area contributed by atoms with Crippen molar-refractivity contribution in [2.45, 2.75) is 25.2 Å². The van der Waals surface area contributed by atoms with E-state index >= 15 is 0 Å². The standard InChI is InChI=1S/C16H18N2O4S/c1-4-12-7-5-6-11(2)15(12)18-23(20,21)14-10-17-9-8-13(14)16(19)22-3/h5-10,18H,4H2,1-3H3. The number of esters is 1. The van der Waals surface area contributed by atoms with E-state index in [0.29, 0.717) is 12.1 Å². The van der Waals surface area contributed by atoms with Crippen LogP contribution in [0.5, 0.6) is 0 Å². The number of carbonyl (C=O) groups is 1. The Morgan fingerprint density at radius 2 is 2.04 bits per heavy atom. The van der Waals surface area contributed by atoms with Crippen molar-refractivity contribution in [3.05, 3.63) is 53.3 Å². The fourth-order valence-electron chi connectivity index (χ4n) is 2.23. The van der Waals surface area contributed by atoms with Gasteiger partial charge in [0.15, 0.2) is 0 Å². The average Bonchev–Trinajstić information content (AvgIpc) is 2.55. The second-order valence-electron chi connectivity index (χ2n) is 4.93. The van der Waals surface area contributed by atoms with Crippen LogP contribution in [-0.2, 0) is 21.2 Å². The number of nitrogens with one attached hydrogen (secondary N) is 1. The molecule has 0 saturated heterocycles. The normalized spacial score (nSPS) is 11.1. The molecule has 0 amide bonds. The molecule has 122 valence electrons. The number of hydrogen-bond donors (Lipinski definition) is 1. The Morgan fingerprint density at radius 3 is 2.70 bits per heavy atom. The molecule has 2 rings (SSSR count). The van der Waals surface area contributed by atoms with E-state index in [1.54, 1.807) is 0 Å². The van der Waals surface area contributed by atoms with E-state index < -0.39 is 16.0 Å². The molecule has 0 fully saturated rings. The Kier molecular flexibility index (Phi) is 5.00. The summed E-state index contributed by atoms with van der Waals surface area (Å²) in [5, 5.41) is 0. The molecule has 2 aromatic rings. The van der Waals surface area contributed by atoms with Gasteiger partial charge in [-0.3, -0.25) is 9.71 Å². The van der Waals surface area contributed by atoms with E-state index in [9.17, 15) is 13.2 Å². The maximum absolute atomic E-state index is 12.7. The largest absolute Gasteiger partial charge is 0.465 e. The molecule has 0 aliphatic heterocycles. The lowest BCUT2D eigenvalue weighted by atomic mass is 10.1. The lowest BCUT2D eigenvalue weighted by Crippen LogP contribution is -2.19. The number of anilines is 1. The Hall–Kier alpha value is -2.41. The molecule has 0 aliphatic carbocycles. The molecule has 23 heavy (non-hydrogen) atoms. The van der Waals surface area contributed by atoms with E-state index in [1.807, 2.05) is 32.0 Å². The highest BCUT2D eigenvalue weighted by Gasteiger charge is 2.24. The molecule has 0 saturated carbocycles. The van der Waals surface area contributed by atoms with Crippen molar-refractivity contribution >= 4 is 21.7 Å². The first-order chi connectivity index (χ1) is 10.9. The average molecular weight is 334 g/mol. The highest BCUT2D eigenvalue weighted by molar-refractivity contribution is 7.92. The van der Waals surface area contributed by atoms with Crippen molar-refractivity contribution in [3.63, 3.8) is 0 Å². The summed E-state index contributed by atoms with van der Waals surface area (Å²) in [4.78, 5) is 15.4. The molecule has 7 heteroatoms. The van der Waals surface area contributed by atoms with Crippen LogP contribution in [0.1, 0.15) is 28.4 Å². The lowest BCUT2D eigenvalue weighted by Gasteiger charge is -2.15. The molecule has 0 aliphatic rings. The van der Waals surface area contributed by atoms with Gasteiger partial charge in [0.05, 0.1) is 18.4 Å². The summed E-state index contributed by atoms with van der Waals surface area (Å²) in [5.41, 5.74) is 2.14. The number of hydrogen-bond acceptors (Lipinski definition) is 5. The molecular formula is C16H18N2O4S. The van der Waals surface area contributed by atoms with Crippen LogP contribution in [0.15, 0.2) is 41.6 Å². The minimum Gasteiger partial charge on any atom is -0.465 e. The second-order valence-corrected chi connectivity index (χ2v) is 6.58. The zero-order valence-electron chi connectivity index (χ0n) is 13.2. The molecule has 1 aromatic heterocycles. The van der Waals surface area contributed by atoms with Crippen molar-refractivity contribution in [2.75, 3.05) is 11.8 Å². The van der Waals surface area contributed by atoms with Crippen molar-refractivity contribution < 1.29 is 17.9 Å². The molecule has 1 N–H and O–H groups in total. The van der Waals surface area contributed by atoms with Crippen LogP contribution in [-0.4, -0.2) is 26.5 Å². The zero-order chi connectivity index (χ0) is 17.0. The minimum absolute atomic E-state index is 0.0540. The number of sulfonamides is 1. The summed E-state index contributed by atoms with van der Waals surface area (Å²) in [6, 6.07) is 6.87. The maximum atomic E-state index is 12.7. The number of rotatable bonds is 5. The van der Waals surface area contributed by atoms with Crippen LogP contribution in [0.2, 0.25) is 0 Å². The third kappa shape index (κ3) is 3.50. The fourth-order valence-corrected chi connectivity index (χ4v) is 3.54. The zero-order valence-corrected chi connectivity index (χ0v) is 14.0. The lowest BCUT2D eigenvalue weighted by molar-refractivity contribution is 0.0596. The van der Waals surface area contributed by atoms with Gasteiger partial charge in [0.25, 0.3) is 10.0 Å². The smallest absolute Gasteiger partial charge is 0.339 e. The Balaban J connectivity index is 2.52. The number of para-hydroxylation sites is 1. The van der Waals surface area contributed by atoms with Crippen LogP contribution in [0.3, 0.4) is 0 Å². The van der Waals surface area contributed by atoms with E-state index in [-0.39, 0.29) is 10.5 Å². The second kappa shape index (κ2) is 6.78. The Morgan fingerprint density at radius 1 is 1.30 bits per heavy atom. The van der Waals surface area contributed by atoms with Crippen LogP contribution in [0.4, 0.5) is 5.69 Å². The number of methoxy groups -OCH3 is 1. The molecule has 0 unspecified atom stereocenters. The topological polar surface area (TPSA) is 85.4 Å². The van der Waals surface area contributed by atoms with E-state index in [2.05, 4.69) is 14.4 Å². The van der Waals surface area contributed by atoms with Crippen molar-refractivity contribution in [3.8, 4) is 0 Å². The first kappa shape index (κ1) is 17.0. The van der Waals surface area contributed by atoms with E-state index in [0.717, 1.165) is 17.3 Å². The maximum Gasteiger partial charge on any atom is 0.339 e. The van der Waals surface area contributed by atoms with Gasteiger partial charge >= 0.3 is 5.97 Å². The molecule has 1 aromatic carbocycles. The summed E-state index contributed by atoms with van der Waals surface area (Å²) in [5.74, 6) is -0.728. The number of benzene rings is 1. The third-order valence-electron chi connectivity index (χ3n) is 3.46. The highest BCUT2D eigenvalue weighted by Crippen LogP contribution is 2.25. The van der Waals surface area contributed by atoms with Gasteiger partial charge in [0, 0.05) is 12.4 Å². The summed E-state index contributed by atoms with van der Waals surface area (Å²) in [6.45, 7) is 3.76. The predicted molar refractivity (Wildman–Crippen MR) is 86.9 cm³/mol. The third-order valence-corrected chi connectivity index (χ3v) is 4.83. The molecule has 6 nitrogen and oxygen atoms in total. The molecule has 0 bridgehead atoms. The molecular weight excluding hydrogens is 316 g/mol. The fraction of sp³-hybridized carbons (Fsp3) is 0.250. The van der Waals surface area contributed by atoms with Crippen molar-refractivity contribution in [2.24, 2.45) is 0 Å². The number of aryl methyl sites for hydroxylation is 2. The number of pyridine rings is 1. The molecule has 0 radical (unpaired) electrons. The highest BCUT2D eigenvalue weighted by atomic mass is 32.2. The quantitative estimate of drug-likeness (QED) is 0.849. The van der Waals surface area contributed by atoms with Gasteiger partial charge < -0.3 is 4.74 Å². The Labute approximate surface area is 135 Å². The van der Waals surface area contributed by atoms with Gasteiger partial charge in [0.2, 0.25) is 0 Å². The minimum atomic E-state index is -3.97. The van der Waals surface area contributed by atoms with Gasteiger partial charge in [-0.15, -0.1) is 0 Å². The SMILES string of the molecule is CCc1cccc(C)c1NS(=O)(=O)c1cnccc1C(=O)OC. The van der Waals surface area contributed by atoms with Crippen molar-refractivity contribution in [1.29, 1.82) is 0 Å². The Bertz CT molecular complexity index is 832. The van der Waals surface area contributed by atoms with Crippen LogP contribution in [0.25, 0.3) is 0 Å². The predicted octanol–water partition coefficient (Wildman–Crippen LogP) is 2.54. The first-order valence-electron chi connectivity index (χ1n) is 7.04. The molecule has 0 atom stereocenters. The summed E-state index contributed by atoms with van der Waals surface area (Å²) in [6.07, 6.45) is 3.16. The van der Waals surface area contributed by atoms with Crippen LogP contribution >= 0.6 is 0 Å². The van der Waals surface area contributed by atoms with Crippen molar-refractivity contribution in [1.82, 2.24) is 4.98 Å². The van der Waals surface area contributed by atoms with E-state index in [4.69, 9.17) is 0 Å². The van der Waals surface area contributed by atoms with E-state index in [1.165, 1.54) is 19.4 Å². The molecule has 0 spiro atoms. The van der Waals surface area contributed by atoms with Gasteiger partial charge in [0.1, 0.15) is 4.90 Å². The van der Waals surface area contributed by atoms with Gasteiger partial charge in [-0.05, 0) is 30.5 Å².